The molecule has 0 unspecified atom stereocenters. The van der Waals surface area contributed by atoms with Crippen molar-refractivity contribution >= 4 is 25.3 Å². The Morgan fingerprint density at radius 2 is 1.63 bits per heavy atom. The number of hydrogen-bond donors (Lipinski definition) is 1. The van der Waals surface area contributed by atoms with Crippen LogP contribution in [0, 0.1) is 5.82 Å². The molecule has 0 aliphatic rings. The molecule has 0 aliphatic carbocycles. The minimum atomic E-state index is -1.88. The second-order valence-corrected chi connectivity index (χ2v) is 15.6. The maximum Gasteiger partial charge on any atom is 0.192 e. The third-order valence-corrected chi connectivity index (χ3v) is 11.7. The summed E-state index contributed by atoms with van der Waals surface area (Å²) in [5.41, 5.74) is 10.7. The summed E-state index contributed by atoms with van der Waals surface area (Å²) < 4.78 is 22.9. The first-order valence-corrected chi connectivity index (χ1v) is 15.4. The van der Waals surface area contributed by atoms with Gasteiger partial charge in [0.15, 0.2) is 25.6 Å². The highest BCUT2D eigenvalue weighted by Gasteiger charge is 2.37. The van der Waals surface area contributed by atoms with E-state index in [9.17, 15) is 4.39 Å². The van der Waals surface area contributed by atoms with Crippen LogP contribution in [0.15, 0.2) is 73.1 Å². The van der Waals surface area contributed by atoms with E-state index >= 15 is 0 Å². The number of pyridine rings is 3. The molecular formula is C29H31FN6OSi. The molecule has 0 aliphatic heterocycles. The molecule has 0 amide bonds. The number of benzene rings is 1. The van der Waals surface area contributed by atoms with E-state index in [0.717, 1.165) is 11.3 Å². The average Bonchev–Trinajstić information content (AvgIpc) is 3.26. The molecule has 0 bridgehead atoms. The summed E-state index contributed by atoms with van der Waals surface area (Å²) in [4.78, 5) is 18.1. The second-order valence-electron chi connectivity index (χ2n) is 10.8. The van der Waals surface area contributed by atoms with Gasteiger partial charge >= 0.3 is 0 Å². The van der Waals surface area contributed by atoms with Crippen LogP contribution in [0.4, 0.5) is 10.2 Å². The van der Waals surface area contributed by atoms with Gasteiger partial charge in [0.1, 0.15) is 17.0 Å². The monoisotopic (exact) mass is 526 g/mol. The molecule has 0 radical (unpaired) electrons. The van der Waals surface area contributed by atoms with Gasteiger partial charge in [-0.05, 0) is 72.2 Å². The third kappa shape index (κ3) is 4.82. The van der Waals surface area contributed by atoms with E-state index in [4.69, 9.17) is 20.1 Å². The number of rotatable bonds is 6. The van der Waals surface area contributed by atoms with Crippen molar-refractivity contribution in [3.63, 3.8) is 0 Å². The molecule has 5 aromatic rings. The molecule has 194 valence electrons. The van der Waals surface area contributed by atoms with Gasteiger partial charge < -0.3 is 10.2 Å². The number of aromatic nitrogens is 5. The van der Waals surface area contributed by atoms with E-state index in [1.165, 1.54) is 6.07 Å². The lowest BCUT2D eigenvalue weighted by atomic mass is 10.2. The molecule has 38 heavy (non-hydrogen) atoms. The van der Waals surface area contributed by atoms with Crippen molar-refractivity contribution in [1.29, 1.82) is 0 Å². The Kier molecular flexibility index (Phi) is 6.58. The van der Waals surface area contributed by atoms with E-state index in [0.29, 0.717) is 40.7 Å². The summed E-state index contributed by atoms with van der Waals surface area (Å²) >= 11 is 0. The molecule has 4 aromatic heterocycles. The van der Waals surface area contributed by atoms with Crippen molar-refractivity contribution in [1.82, 2.24) is 24.5 Å². The Hall–Kier alpha value is -3.95. The van der Waals surface area contributed by atoms with Gasteiger partial charge in [-0.25, -0.2) is 19.3 Å². The third-order valence-electron chi connectivity index (χ3n) is 7.19. The molecular weight excluding hydrogens is 495 g/mol. The fourth-order valence-corrected chi connectivity index (χ4v) is 4.88. The number of nitrogens with zero attached hydrogens (tertiary/aromatic N) is 5. The predicted octanol–water partition coefficient (Wildman–Crippen LogP) is 6.79. The van der Waals surface area contributed by atoms with Gasteiger partial charge in [-0.1, -0.05) is 32.9 Å². The van der Waals surface area contributed by atoms with Crippen LogP contribution >= 0.6 is 0 Å². The molecule has 9 heteroatoms. The molecule has 0 saturated heterocycles. The normalized spacial score (nSPS) is 12.3. The van der Waals surface area contributed by atoms with Gasteiger partial charge in [0, 0.05) is 18.1 Å². The molecule has 0 fully saturated rings. The molecule has 0 saturated carbocycles. The van der Waals surface area contributed by atoms with E-state index in [1.54, 1.807) is 24.5 Å². The fourth-order valence-electron chi connectivity index (χ4n) is 3.92. The number of hydrogen-bond acceptors (Lipinski definition) is 6. The summed E-state index contributed by atoms with van der Waals surface area (Å²) in [6.07, 6.45) is 3.19. The Bertz CT molecular complexity index is 1610. The summed E-state index contributed by atoms with van der Waals surface area (Å²) in [5.74, 6) is 0.523. The highest BCUT2D eigenvalue weighted by Crippen LogP contribution is 2.37. The predicted molar refractivity (Wildman–Crippen MR) is 152 cm³/mol. The summed E-state index contributed by atoms with van der Waals surface area (Å²) in [7, 11) is -1.88. The number of fused-ring (bicyclic) bond motifs is 1. The Morgan fingerprint density at radius 1 is 0.921 bits per heavy atom. The van der Waals surface area contributed by atoms with Gasteiger partial charge in [-0.2, -0.15) is 0 Å². The maximum absolute atomic E-state index is 14.5. The number of halogens is 1. The zero-order chi connectivity index (χ0) is 27.1. The number of nitrogen functional groups attached to an aromatic ring is 1. The van der Waals surface area contributed by atoms with Crippen molar-refractivity contribution in [3.05, 3.63) is 84.4 Å². The minimum Gasteiger partial charge on any atom is -0.413 e. The lowest BCUT2D eigenvalue weighted by Gasteiger charge is -2.36. The largest absolute Gasteiger partial charge is 0.413 e. The summed E-state index contributed by atoms with van der Waals surface area (Å²) in [5, 5.41) is 0.137. The van der Waals surface area contributed by atoms with Crippen molar-refractivity contribution in [3.8, 4) is 28.5 Å². The van der Waals surface area contributed by atoms with Gasteiger partial charge in [0.2, 0.25) is 0 Å². The zero-order valence-corrected chi connectivity index (χ0v) is 23.2. The highest BCUT2D eigenvalue weighted by atomic mass is 28.4. The average molecular weight is 527 g/mol. The van der Waals surface area contributed by atoms with Gasteiger partial charge in [-0.15, -0.1) is 0 Å². The van der Waals surface area contributed by atoms with Crippen molar-refractivity contribution < 1.29 is 8.82 Å². The molecule has 4 heterocycles. The van der Waals surface area contributed by atoms with Crippen LogP contribution in [0.25, 0.3) is 39.6 Å². The van der Waals surface area contributed by atoms with Crippen LogP contribution in [-0.4, -0.2) is 32.8 Å². The van der Waals surface area contributed by atoms with E-state index in [-0.39, 0.29) is 10.7 Å². The molecule has 7 nitrogen and oxygen atoms in total. The standard InChI is InChI=1S/C29H31FN6OSi/c1-29(2,3)38(4,5)37-18-19-10-12-20(13-11-19)36-27(21-8-6-17-33-26(21)31)35-24-15-14-23(34-28(24)36)25-22(30)9-7-16-32-25/h6-17H,18H2,1-5H3,(H2,31,33). The van der Waals surface area contributed by atoms with Gasteiger partial charge in [-0.3, -0.25) is 9.55 Å². The van der Waals surface area contributed by atoms with Crippen LogP contribution in [0.5, 0.6) is 0 Å². The first-order valence-electron chi connectivity index (χ1n) is 12.5. The number of nitrogens with two attached hydrogens (primary N) is 1. The first-order chi connectivity index (χ1) is 18.0. The van der Waals surface area contributed by atoms with Crippen LogP contribution in [0.1, 0.15) is 26.3 Å². The first kappa shape index (κ1) is 25.7. The summed E-state index contributed by atoms with van der Waals surface area (Å²) in [6.45, 7) is 11.7. The van der Waals surface area contributed by atoms with Crippen LogP contribution < -0.4 is 5.73 Å². The zero-order valence-electron chi connectivity index (χ0n) is 22.2. The Labute approximate surface area is 222 Å². The lowest BCUT2D eigenvalue weighted by Crippen LogP contribution is -2.40. The van der Waals surface area contributed by atoms with Crippen molar-refractivity contribution in [2.45, 2.75) is 45.5 Å². The summed E-state index contributed by atoms with van der Waals surface area (Å²) in [6, 6.07) is 18.3. The highest BCUT2D eigenvalue weighted by molar-refractivity contribution is 6.74. The molecule has 0 spiro atoms. The fraction of sp³-hybridized carbons (Fsp3) is 0.241. The SMILES string of the molecule is CC(C)(C)[Si](C)(C)OCc1ccc(-n2c(-c3cccnc3N)nc3ccc(-c4ncccc4F)nc32)cc1. The number of anilines is 1. The van der Waals surface area contributed by atoms with Crippen LogP contribution in [0.3, 0.4) is 0 Å². The topological polar surface area (TPSA) is 91.7 Å². The quantitative estimate of drug-likeness (QED) is 0.245. The molecule has 2 N–H and O–H groups in total. The van der Waals surface area contributed by atoms with E-state index in [2.05, 4.69) is 43.8 Å². The van der Waals surface area contributed by atoms with Gasteiger partial charge in [0.05, 0.1) is 17.9 Å². The molecule has 5 rings (SSSR count). The number of imidazole rings is 1. The van der Waals surface area contributed by atoms with Crippen molar-refractivity contribution in [2.24, 2.45) is 0 Å². The van der Waals surface area contributed by atoms with Crippen LogP contribution in [-0.2, 0) is 11.0 Å². The smallest absolute Gasteiger partial charge is 0.192 e. The van der Waals surface area contributed by atoms with E-state index < -0.39 is 14.1 Å². The van der Waals surface area contributed by atoms with Crippen LogP contribution in [0.2, 0.25) is 18.1 Å². The van der Waals surface area contributed by atoms with Crippen molar-refractivity contribution in [2.75, 3.05) is 5.73 Å². The Balaban J connectivity index is 1.61. The maximum atomic E-state index is 14.5. The van der Waals surface area contributed by atoms with Gasteiger partial charge in [0.25, 0.3) is 0 Å². The second kappa shape index (κ2) is 9.73. The molecule has 1 aromatic carbocycles. The Morgan fingerprint density at radius 3 is 2.32 bits per heavy atom. The minimum absolute atomic E-state index is 0.137. The van der Waals surface area contributed by atoms with E-state index in [1.807, 2.05) is 47.0 Å². The molecule has 0 atom stereocenters. The lowest BCUT2D eigenvalue weighted by molar-refractivity contribution is 0.276.